The van der Waals surface area contributed by atoms with Gasteiger partial charge in [0.1, 0.15) is 11.5 Å². The van der Waals surface area contributed by atoms with Gasteiger partial charge in [-0.25, -0.2) is 4.79 Å². The zero-order valence-electron chi connectivity index (χ0n) is 20.8. The number of hydrogen-bond acceptors (Lipinski definition) is 6. The van der Waals surface area contributed by atoms with Gasteiger partial charge in [0, 0.05) is 12.1 Å². The summed E-state index contributed by atoms with van der Waals surface area (Å²) in [5.41, 5.74) is 2.37. The van der Waals surface area contributed by atoms with E-state index in [4.69, 9.17) is 9.47 Å². The Balaban J connectivity index is 1.74. The van der Waals surface area contributed by atoms with Gasteiger partial charge in [0.25, 0.3) is 11.7 Å². The number of amides is 1. The summed E-state index contributed by atoms with van der Waals surface area (Å²) >= 11 is 0. The quantitative estimate of drug-likeness (QED) is 0.194. The van der Waals surface area contributed by atoms with Crippen molar-refractivity contribution in [3.05, 3.63) is 107 Å². The molecule has 1 aliphatic heterocycles. The molecule has 1 heterocycles. The monoisotopic (exact) mass is 499 g/mol. The number of aliphatic hydroxyl groups is 1. The van der Waals surface area contributed by atoms with Crippen LogP contribution in [0.4, 0.5) is 0 Å². The fraction of sp³-hybridized carbons (Fsp3) is 0.233. The largest absolute Gasteiger partial charge is 0.507 e. The van der Waals surface area contributed by atoms with Crippen LogP contribution in [0.25, 0.3) is 5.76 Å². The van der Waals surface area contributed by atoms with Crippen LogP contribution in [0, 0.1) is 0 Å². The van der Waals surface area contributed by atoms with E-state index in [1.54, 1.807) is 48.5 Å². The first kappa shape index (κ1) is 25.7. The molecular formula is C30H29NO6. The maximum atomic E-state index is 13.2. The van der Waals surface area contributed by atoms with Crippen molar-refractivity contribution in [1.29, 1.82) is 0 Å². The summed E-state index contributed by atoms with van der Waals surface area (Å²) in [6.07, 6.45) is 1.40. The molecule has 190 valence electrons. The third kappa shape index (κ3) is 5.56. The highest BCUT2D eigenvalue weighted by Crippen LogP contribution is 2.39. The van der Waals surface area contributed by atoms with Gasteiger partial charge in [-0.2, -0.15) is 0 Å². The molecular weight excluding hydrogens is 470 g/mol. The normalized spacial score (nSPS) is 16.6. The number of likely N-dealkylation sites (tertiary alicyclic amines) is 1. The number of nitrogens with zero attached hydrogens (tertiary/aromatic N) is 1. The molecule has 0 spiro atoms. The molecule has 0 aliphatic carbocycles. The fourth-order valence-electron chi connectivity index (χ4n) is 4.36. The van der Waals surface area contributed by atoms with Crippen LogP contribution in [0.3, 0.4) is 0 Å². The van der Waals surface area contributed by atoms with Crippen molar-refractivity contribution in [3.8, 4) is 5.75 Å². The summed E-state index contributed by atoms with van der Waals surface area (Å²) in [5.74, 6) is -1.53. The minimum atomic E-state index is -0.813. The smallest absolute Gasteiger partial charge is 0.337 e. The zero-order chi connectivity index (χ0) is 26.4. The van der Waals surface area contributed by atoms with E-state index in [0.29, 0.717) is 35.5 Å². The van der Waals surface area contributed by atoms with Crippen LogP contribution in [0.2, 0.25) is 0 Å². The van der Waals surface area contributed by atoms with Crippen LogP contribution >= 0.6 is 0 Å². The Labute approximate surface area is 215 Å². The molecule has 7 nitrogen and oxygen atoms in total. The summed E-state index contributed by atoms with van der Waals surface area (Å²) in [6.45, 7) is 2.85. The summed E-state index contributed by atoms with van der Waals surface area (Å²) in [7, 11) is 1.30. The first-order chi connectivity index (χ1) is 17.9. The van der Waals surface area contributed by atoms with Gasteiger partial charge >= 0.3 is 5.97 Å². The van der Waals surface area contributed by atoms with Gasteiger partial charge in [0.2, 0.25) is 0 Å². The topological polar surface area (TPSA) is 93.1 Å². The number of hydrogen-bond donors (Lipinski definition) is 1. The molecule has 3 aromatic carbocycles. The third-order valence-corrected chi connectivity index (χ3v) is 6.27. The minimum absolute atomic E-state index is 0.00565. The van der Waals surface area contributed by atoms with Crippen molar-refractivity contribution in [2.75, 3.05) is 20.3 Å². The molecule has 1 aliphatic rings. The molecule has 1 N–H and O–H groups in total. The van der Waals surface area contributed by atoms with Crippen molar-refractivity contribution in [1.82, 2.24) is 4.90 Å². The second-order valence-electron chi connectivity index (χ2n) is 8.71. The summed E-state index contributed by atoms with van der Waals surface area (Å²) in [6, 6.07) is 22.1. The van der Waals surface area contributed by atoms with Gasteiger partial charge in [0.05, 0.1) is 30.9 Å². The Morgan fingerprint density at radius 2 is 1.57 bits per heavy atom. The minimum Gasteiger partial charge on any atom is -0.507 e. The van der Waals surface area contributed by atoms with Gasteiger partial charge in [0.15, 0.2) is 0 Å². The average molecular weight is 500 g/mol. The number of aliphatic hydroxyl groups excluding tert-OH is 1. The lowest BCUT2D eigenvalue weighted by Gasteiger charge is -2.25. The molecule has 37 heavy (non-hydrogen) atoms. The molecule has 3 aromatic rings. The van der Waals surface area contributed by atoms with E-state index in [1.165, 1.54) is 12.0 Å². The van der Waals surface area contributed by atoms with Crippen molar-refractivity contribution >= 4 is 23.4 Å². The number of rotatable bonds is 9. The number of esters is 1. The molecule has 1 atom stereocenters. The third-order valence-electron chi connectivity index (χ3n) is 6.27. The maximum absolute atomic E-state index is 13.2. The Morgan fingerprint density at radius 3 is 2.19 bits per heavy atom. The average Bonchev–Trinajstić information content (AvgIpc) is 3.20. The van der Waals surface area contributed by atoms with E-state index in [2.05, 4.69) is 0 Å². The number of ether oxygens (including phenoxy) is 2. The fourth-order valence-corrected chi connectivity index (χ4v) is 4.36. The number of Topliss-reactive ketones (excluding diaryl/α,β-unsaturated/α-hetero) is 1. The SMILES string of the molecule is CCCOc1ccc(C(O)=C2C(=O)C(=O)N(CCc3ccccc3)C2c2ccc(C(=O)OC)cc2)cc1. The maximum Gasteiger partial charge on any atom is 0.337 e. The predicted octanol–water partition coefficient (Wildman–Crippen LogP) is 4.93. The lowest BCUT2D eigenvalue weighted by Crippen LogP contribution is -2.31. The first-order valence-corrected chi connectivity index (χ1v) is 12.2. The number of ketones is 1. The summed E-state index contributed by atoms with van der Waals surface area (Å²) < 4.78 is 10.4. The summed E-state index contributed by atoms with van der Waals surface area (Å²) in [4.78, 5) is 39.8. The molecule has 0 saturated carbocycles. The van der Waals surface area contributed by atoms with Crippen LogP contribution < -0.4 is 4.74 Å². The van der Waals surface area contributed by atoms with Gasteiger partial charge in [-0.3, -0.25) is 9.59 Å². The molecule has 1 amide bonds. The molecule has 1 saturated heterocycles. The van der Waals surface area contributed by atoms with Gasteiger partial charge in [-0.15, -0.1) is 0 Å². The van der Waals surface area contributed by atoms with Crippen LogP contribution in [0.15, 0.2) is 84.4 Å². The second kappa shape index (κ2) is 11.6. The number of methoxy groups -OCH3 is 1. The first-order valence-electron chi connectivity index (χ1n) is 12.2. The van der Waals surface area contributed by atoms with Crippen molar-refractivity contribution < 1.29 is 29.0 Å². The van der Waals surface area contributed by atoms with Crippen molar-refractivity contribution in [3.63, 3.8) is 0 Å². The highest BCUT2D eigenvalue weighted by molar-refractivity contribution is 6.46. The van der Waals surface area contributed by atoms with Gasteiger partial charge in [-0.1, -0.05) is 49.4 Å². The van der Waals surface area contributed by atoms with Crippen molar-refractivity contribution in [2.24, 2.45) is 0 Å². The highest BCUT2D eigenvalue weighted by atomic mass is 16.5. The van der Waals surface area contributed by atoms with Crippen LogP contribution in [-0.4, -0.2) is 47.9 Å². The Morgan fingerprint density at radius 1 is 0.919 bits per heavy atom. The molecule has 1 unspecified atom stereocenters. The number of carbonyl (C=O) groups is 3. The number of benzene rings is 3. The van der Waals surface area contributed by atoms with Crippen LogP contribution in [0.5, 0.6) is 5.75 Å². The lowest BCUT2D eigenvalue weighted by molar-refractivity contribution is -0.139. The van der Waals surface area contributed by atoms with E-state index >= 15 is 0 Å². The molecule has 7 heteroatoms. The van der Waals surface area contributed by atoms with E-state index in [-0.39, 0.29) is 17.9 Å². The van der Waals surface area contributed by atoms with Gasteiger partial charge in [-0.05, 0) is 60.4 Å². The van der Waals surface area contributed by atoms with Gasteiger partial charge < -0.3 is 19.5 Å². The Bertz CT molecular complexity index is 1300. The molecule has 4 rings (SSSR count). The van der Waals surface area contributed by atoms with Crippen molar-refractivity contribution in [2.45, 2.75) is 25.8 Å². The van der Waals surface area contributed by atoms with E-state index in [0.717, 1.165) is 12.0 Å². The van der Waals surface area contributed by atoms with E-state index in [1.807, 2.05) is 37.3 Å². The molecule has 0 aromatic heterocycles. The molecule has 1 fully saturated rings. The number of carbonyl (C=O) groups excluding carboxylic acids is 3. The zero-order valence-corrected chi connectivity index (χ0v) is 20.8. The van der Waals surface area contributed by atoms with E-state index < -0.39 is 23.7 Å². The second-order valence-corrected chi connectivity index (χ2v) is 8.71. The van der Waals surface area contributed by atoms with E-state index in [9.17, 15) is 19.5 Å². The Hall–Kier alpha value is -4.39. The van der Waals surface area contributed by atoms with Crippen LogP contribution in [-0.2, 0) is 20.7 Å². The highest BCUT2D eigenvalue weighted by Gasteiger charge is 2.45. The predicted molar refractivity (Wildman–Crippen MR) is 139 cm³/mol. The summed E-state index contributed by atoms with van der Waals surface area (Å²) in [5, 5.41) is 11.3. The standard InChI is InChI=1S/C30H29NO6/c1-3-19-37-24-15-13-22(14-16-24)27(32)25-26(21-9-11-23(12-10-21)30(35)36-2)31(29(34)28(25)33)18-17-20-7-5-4-6-8-20/h4-16,26,32H,3,17-19H2,1-2H3. The molecule has 0 radical (unpaired) electrons. The lowest BCUT2D eigenvalue weighted by atomic mass is 9.94. The van der Waals surface area contributed by atoms with Crippen LogP contribution in [0.1, 0.15) is 46.4 Å². The Kier molecular flexibility index (Phi) is 8.03. The molecule has 0 bridgehead atoms.